The zero-order chi connectivity index (χ0) is 20.1. The third-order valence-corrected chi connectivity index (χ3v) is 4.95. The fourth-order valence-electron chi connectivity index (χ4n) is 3.29. The number of likely N-dealkylation sites (N-methyl/N-ethyl adjacent to an activating group) is 1. The van der Waals surface area contributed by atoms with E-state index in [0.29, 0.717) is 5.89 Å². The summed E-state index contributed by atoms with van der Waals surface area (Å²) < 4.78 is 5.72. The molecule has 5 heteroatoms. The first-order chi connectivity index (χ1) is 13.5. The molecule has 0 aliphatic carbocycles. The van der Waals surface area contributed by atoms with Crippen molar-refractivity contribution in [1.82, 2.24) is 9.88 Å². The Balaban J connectivity index is 1.86. The lowest BCUT2D eigenvalue weighted by atomic mass is 10.0. The van der Waals surface area contributed by atoms with Crippen LogP contribution in [-0.4, -0.2) is 28.9 Å². The monoisotopic (exact) mass is 377 g/mol. The highest BCUT2D eigenvalue weighted by molar-refractivity contribution is 5.96. The number of hydrogen-bond donors (Lipinski definition) is 1. The quantitative estimate of drug-likeness (QED) is 0.631. The highest BCUT2D eigenvalue weighted by Gasteiger charge is 2.26. The van der Waals surface area contributed by atoms with E-state index in [2.05, 4.69) is 29.0 Å². The smallest absolute Gasteiger partial charge is 0.246 e. The van der Waals surface area contributed by atoms with Gasteiger partial charge in [-0.15, -0.1) is 0 Å². The van der Waals surface area contributed by atoms with Gasteiger partial charge in [-0.2, -0.15) is 0 Å². The molecule has 1 heterocycles. The summed E-state index contributed by atoms with van der Waals surface area (Å²) in [6.07, 6.45) is 0. The van der Waals surface area contributed by atoms with Gasteiger partial charge in [0.15, 0.2) is 0 Å². The Bertz CT molecular complexity index is 911. The van der Waals surface area contributed by atoms with Crippen LogP contribution in [0.4, 0.5) is 5.69 Å². The van der Waals surface area contributed by atoms with Gasteiger partial charge in [0.05, 0.1) is 5.69 Å². The second kappa shape index (κ2) is 8.85. The number of rotatable bonds is 7. The summed E-state index contributed by atoms with van der Waals surface area (Å²) in [7, 11) is 0. The molecule has 3 rings (SSSR count). The van der Waals surface area contributed by atoms with Crippen molar-refractivity contribution in [2.24, 2.45) is 0 Å². The summed E-state index contributed by atoms with van der Waals surface area (Å²) in [4.78, 5) is 19.8. The Morgan fingerprint density at radius 3 is 2.39 bits per heavy atom. The SMILES string of the molecule is CCN(CC)C(C(=O)Nc1cccc(-c2nc(C)c(C)o2)c1)c1ccccc1. The Kier molecular flexibility index (Phi) is 6.26. The molecule has 0 aliphatic rings. The Hall–Kier alpha value is -2.92. The van der Waals surface area contributed by atoms with Crippen LogP contribution < -0.4 is 5.32 Å². The minimum atomic E-state index is -0.342. The van der Waals surface area contributed by atoms with E-state index in [-0.39, 0.29) is 11.9 Å². The van der Waals surface area contributed by atoms with E-state index >= 15 is 0 Å². The molecule has 0 bridgehead atoms. The number of oxazole rings is 1. The highest BCUT2D eigenvalue weighted by atomic mass is 16.4. The molecule has 1 aromatic heterocycles. The van der Waals surface area contributed by atoms with Gasteiger partial charge in [-0.1, -0.05) is 50.2 Å². The highest BCUT2D eigenvalue weighted by Crippen LogP contribution is 2.26. The molecule has 0 spiro atoms. The summed E-state index contributed by atoms with van der Waals surface area (Å²) >= 11 is 0. The van der Waals surface area contributed by atoms with Crippen molar-refractivity contribution in [3.63, 3.8) is 0 Å². The first-order valence-electron chi connectivity index (χ1n) is 9.67. The van der Waals surface area contributed by atoms with Crippen molar-refractivity contribution < 1.29 is 9.21 Å². The third kappa shape index (κ3) is 4.31. The molecule has 1 unspecified atom stereocenters. The molecule has 1 atom stereocenters. The minimum absolute atomic E-state index is 0.0492. The Labute approximate surface area is 166 Å². The second-order valence-electron chi connectivity index (χ2n) is 6.77. The molecular weight excluding hydrogens is 350 g/mol. The van der Waals surface area contributed by atoms with Crippen LogP contribution in [0.5, 0.6) is 0 Å². The predicted octanol–water partition coefficient (Wildman–Crippen LogP) is 4.98. The third-order valence-electron chi connectivity index (χ3n) is 4.95. The number of anilines is 1. The maximum absolute atomic E-state index is 13.2. The normalized spacial score (nSPS) is 12.2. The van der Waals surface area contributed by atoms with Gasteiger partial charge >= 0.3 is 0 Å². The lowest BCUT2D eigenvalue weighted by Gasteiger charge is -2.29. The van der Waals surface area contributed by atoms with Crippen molar-refractivity contribution in [2.45, 2.75) is 33.7 Å². The summed E-state index contributed by atoms with van der Waals surface area (Å²) in [5.41, 5.74) is 3.42. The predicted molar refractivity (Wildman–Crippen MR) is 112 cm³/mol. The number of aryl methyl sites for hydroxylation is 2. The number of nitrogens with one attached hydrogen (secondary N) is 1. The van der Waals surface area contributed by atoms with Crippen molar-refractivity contribution in [3.8, 4) is 11.5 Å². The molecule has 0 fully saturated rings. The molecule has 28 heavy (non-hydrogen) atoms. The van der Waals surface area contributed by atoms with E-state index in [0.717, 1.165) is 41.4 Å². The Morgan fingerprint density at radius 1 is 1.07 bits per heavy atom. The lowest BCUT2D eigenvalue weighted by Crippen LogP contribution is -2.37. The van der Waals surface area contributed by atoms with Crippen LogP contribution >= 0.6 is 0 Å². The first-order valence-corrected chi connectivity index (χ1v) is 9.67. The number of carbonyl (C=O) groups is 1. The van der Waals surface area contributed by atoms with Crippen molar-refractivity contribution >= 4 is 11.6 Å². The zero-order valence-corrected chi connectivity index (χ0v) is 16.9. The number of nitrogens with zero attached hydrogens (tertiary/aromatic N) is 2. The summed E-state index contributed by atoms with van der Waals surface area (Å²) in [5, 5.41) is 3.07. The van der Waals surface area contributed by atoms with Crippen LogP contribution in [0.2, 0.25) is 0 Å². The average Bonchev–Trinajstić information content (AvgIpc) is 3.05. The largest absolute Gasteiger partial charge is 0.441 e. The fourth-order valence-corrected chi connectivity index (χ4v) is 3.29. The van der Waals surface area contributed by atoms with Crippen molar-refractivity contribution in [1.29, 1.82) is 0 Å². The van der Waals surface area contributed by atoms with Gasteiger partial charge in [-0.3, -0.25) is 9.69 Å². The van der Waals surface area contributed by atoms with E-state index in [1.54, 1.807) is 0 Å². The number of hydrogen-bond acceptors (Lipinski definition) is 4. The van der Waals surface area contributed by atoms with Gasteiger partial charge < -0.3 is 9.73 Å². The molecule has 5 nitrogen and oxygen atoms in total. The van der Waals surface area contributed by atoms with Gasteiger partial charge in [0, 0.05) is 11.3 Å². The summed E-state index contributed by atoms with van der Waals surface area (Å²) in [6, 6.07) is 17.2. The van der Waals surface area contributed by atoms with Gasteiger partial charge in [0.2, 0.25) is 11.8 Å². The number of benzene rings is 2. The van der Waals surface area contributed by atoms with E-state index < -0.39 is 0 Å². The molecule has 146 valence electrons. The number of aromatic nitrogens is 1. The van der Waals surface area contributed by atoms with Gasteiger partial charge in [-0.25, -0.2) is 4.98 Å². The summed E-state index contributed by atoms with van der Waals surface area (Å²) in [5.74, 6) is 1.32. The van der Waals surface area contributed by atoms with Crippen LogP contribution in [0.25, 0.3) is 11.5 Å². The number of amides is 1. The second-order valence-corrected chi connectivity index (χ2v) is 6.77. The molecule has 2 aromatic carbocycles. The van der Waals surface area contributed by atoms with Gasteiger partial charge in [0.1, 0.15) is 11.8 Å². The molecule has 1 amide bonds. The molecule has 0 saturated heterocycles. The van der Waals surface area contributed by atoms with Crippen LogP contribution in [0.1, 0.15) is 36.9 Å². The van der Waals surface area contributed by atoms with Crippen molar-refractivity contribution in [2.75, 3.05) is 18.4 Å². The molecule has 0 radical (unpaired) electrons. The Morgan fingerprint density at radius 2 is 1.79 bits per heavy atom. The van der Waals surface area contributed by atoms with Gasteiger partial charge in [0.25, 0.3) is 0 Å². The standard InChI is InChI=1S/C23H27N3O2/c1-5-26(6-2)21(18-11-8-7-9-12-18)22(27)25-20-14-10-13-19(15-20)23-24-16(3)17(4)28-23/h7-15,21H,5-6H2,1-4H3,(H,25,27). The maximum Gasteiger partial charge on any atom is 0.246 e. The van der Waals surface area contributed by atoms with Gasteiger partial charge in [-0.05, 0) is 50.7 Å². The first kappa shape index (κ1) is 19.8. The summed E-state index contributed by atoms with van der Waals surface area (Å²) in [6.45, 7) is 9.53. The lowest BCUT2D eigenvalue weighted by molar-refractivity contribution is -0.121. The number of carbonyl (C=O) groups excluding carboxylic acids is 1. The van der Waals surface area contributed by atoms with Crippen LogP contribution in [-0.2, 0) is 4.79 Å². The zero-order valence-electron chi connectivity index (χ0n) is 16.9. The topological polar surface area (TPSA) is 58.4 Å². The molecule has 1 N–H and O–H groups in total. The van der Waals surface area contributed by atoms with Crippen molar-refractivity contribution in [3.05, 3.63) is 71.6 Å². The average molecular weight is 377 g/mol. The molecule has 0 aliphatic heterocycles. The molecule has 3 aromatic rings. The molecule has 0 saturated carbocycles. The van der Waals surface area contributed by atoms with E-state index in [1.807, 2.05) is 68.4 Å². The minimum Gasteiger partial charge on any atom is -0.441 e. The van der Waals surface area contributed by atoms with E-state index in [1.165, 1.54) is 0 Å². The van der Waals surface area contributed by atoms with E-state index in [4.69, 9.17) is 4.42 Å². The maximum atomic E-state index is 13.2. The molecular formula is C23H27N3O2. The van der Waals surface area contributed by atoms with E-state index in [9.17, 15) is 4.79 Å². The van der Waals surface area contributed by atoms with Crippen LogP contribution in [0, 0.1) is 13.8 Å². The van der Waals surface area contributed by atoms with Crippen LogP contribution in [0.3, 0.4) is 0 Å². The fraction of sp³-hybridized carbons (Fsp3) is 0.304. The van der Waals surface area contributed by atoms with Crippen LogP contribution in [0.15, 0.2) is 59.0 Å².